The number of nitrogens with zero attached hydrogens (tertiary/aromatic N) is 3. The molecular weight excluding hydrogens is 808 g/mol. The van der Waals surface area contributed by atoms with Crippen LogP contribution in [0.1, 0.15) is 5.69 Å². The van der Waals surface area contributed by atoms with Crippen molar-refractivity contribution in [3.8, 4) is 72.8 Å². The number of benzene rings is 6. The Labute approximate surface area is 353 Å². The van der Waals surface area contributed by atoms with Crippen molar-refractivity contribution >= 4 is 43.1 Å². The first-order valence-corrected chi connectivity index (χ1v) is 21.0. The van der Waals surface area contributed by atoms with Gasteiger partial charge in [-0.2, -0.15) is 21.6 Å². The first kappa shape index (κ1) is 38.6. The van der Waals surface area contributed by atoms with E-state index in [4.69, 9.17) is 18.6 Å². The second-order valence-corrected chi connectivity index (χ2v) is 16.3. The Balaban J connectivity index is 1.05. The van der Waals surface area contributed by atoms with Gasteiger partial charge in [-0.25, -0.2) is 9.97 Å². The number of halogens is 3. The number of alkyl halides is 3. The van der Waals surface area contributed by atoms with E-state index in [0.717, 1.165) is 60.9 Å². The van der Waals surface area contributed by atoms with E-state index in [-0.39, 0.29) is 0 Å². The summed E-state index contributed by atoms with van der Waals surface area (Å²) in [5.41, 5.74) is 5.62. The Bertz CT molecular complexity index is 3460. The van der Waals surface area contributed by atoms with Crippen LogP contribution in [0.3, 0.4) is 0 Å². The first-order chi connectivity index (χ1) is 30.0. The standard InChI is InChI=1S/C51H32F3N3O4S/c1-31-17-24-44-43-14-8-15-45(49(43)60-50(44)56-31)48-26-23-35(30-55-48)40-11-4-6-13-42(40)37-27-36(28-38(29-37)61-62(58,59)51(52,53)54)41-12-5-3-10-39(41)32-18-20-34(21-19-32)47-25-22-33-9-2-7-16-46(33)57-47/h2-30H,1H3. The van der Waals surface area contributed by atoms with Crippen LogP contribution >= 0.6 is 0 Å². The van der Waals surface area contributed by atoms with Crippen LogP contribution < -0.4 is 4.18 Å². The fourth-order valence-electron chi connectivity index (χ4n) is 7.84. The minimum absolute atomic E-state index is 0.428. The number of aromatic nitrogens is 3. The molecule has 302 valence electrons. The third kappa shape index (κ3) is 7.11. The van der Waals surface area contributed by atoms with Gasteiger partial charge < -0.3 is 8.60 Å². The predicted octanol–water partition coefficient (Wildman–Crippen LogP) is 13.5. The number of fused-ring (bicyclic) bond motifs is 4. The molecule has 4 aromatic heterocycles. The van der Waals surface area contributed by atoms with Crippen LogP contribution in [0.2, 0.25) is 0 Å². The third-order valence-electron chi connectivity index (χ3n) is 10.8. The maximum atomic E-state index is 13.7. The number of pyridine rings is 3. The maximum Gasteiger partial charge on any atom is 0.534 e. The summed E-state index contributed by atoms with van der Waals surface area (Å²) in [5, 5.41) is 2.86. The fourth-order valence-corrected chi connectivity index (χ4v) is 8.28. The minimum Gasteiger partial charge on any atom is -0.437 e. The molecule has 0 N–H and O–H groups in total. The van der Waals surface area contributed by atoms with Gasteiger partial charge in [0.1, 0.15) is 11.3 Å². The molecule has 10 aromatic rings. The van der Waals surface area contributed by atoms with Crippen LogP contribution in [0.4, 0.5) is 13.2 Å². The van der Waals surface area contributed by atoms with E-state index in [0.29, 0.717) is 44.8 Å². The molecule has 0 fully saturated rings. The molecule has 62 heavy (non-hydrogen) atoms. The Kier molecular flexibility index (Phi) is 9.41. The predicted molar refractivity (Wildman–Crippen MR) is 238 cm³/mol. The van der Waals surface area contributed by atoms with Crippen molar-refractivity contribution in [2.45, 2.75) is 12.4 Å². The van der Waals surface area contributed by atoms with E-state index in [1.165, 1.54) is 12.1 Å². The van der Waals surface area contributed by atoms with E-state index in [2.05, 4.69) is 4.98 Å². The molecule has 0 aliphatic rings. The smallest absolute Gasteiger partial charge is 0.437 e. The summed E-state index contributed by atoms with van der Waals surface area (Å²) in [4.78, 5) is 14.2. The lowest BCUT2D eigenvalue weighted by atomic mass is 9.90. The highest BCUT2D eigenvalue weighted by Gasteiger charge is 2.48. The number of rotatable bonds is 8. The second kappa shape index (κ2) is 15.1. The first-order valence-electron chi connectivity index (χ1n) is 19.6. The average molecular weight is 840 g/mol. The average Bonchev–Trinajstić information content (AvgIpc) is 3.66. The van der Waals surface area contributed by atoms with Crippen LogP contribution in [0.25, 0.3) is 100.0 Å². The normalized spacial score (nSPS) is 12.0. The molecule has 0 atom stereocenters. The van der Waals surface area contributed by atoms with Gasteiger partial charge in [-0.3, -0.25) is 4.98 Å². The highest BCUT2D eigenvalue weighted by atomic mass is 32.2. The number of para-hydroxylation sites is 2. The lowest BCUT2D eigenvalue weighted by molar-refractivity contribution is -0.0500. The molecule has 4 heterocycles. The zero-order valence-corrected chi connectivity index (χ0v) is 33.6. The number of hydrogen-bond acceptors (Lipinski definition) is 7. The molecule has 0 saturated carbocycles. The number of hydrogen-bond donors (Lipinski definition) is 0. The molecule has 0 unspecified atom stereocenters. The van der Waals surface area contributed by atoms with Gasteiger partial charge in [0, 0.05) is 44.7 Å². The van der Waals surface area contributed by atoms with Crippen LogP contribution in [0, 0.1) is 6.92 Å². The van der Waals surface area contributed by atoms with E-state index in [1.807, 2.05) is 159 Å². The summed E-state index contributed by atoms with van der Waals surface area (Å²) in [6.07, 6.45) is 1.72. The maximum absolute atomic E-state index is 13.7. The van der Waals surface area contributed by atoms with E-state index < -0.39 is 21.4 Å². The summed E-state index contributed by atoms with van der Waals surface area (Å²) in [6.45, 7) is 1.91. The van der Waals surface area contributed by atoms with E-state index in [9.17, 15) is 21.6 Å². The quantitative estimate of drug-likeness (QED) is 0.111. The molecule has 0 aliphatic heterocycles. The highest BCUT2D eigenvalue weighted by molar-refractivity contribution is 7.88. The van der Waals surface area contributed by atoms with Crippen LogP contribution in [0.5, 0.6) is 5.75 Å². The van der Waals surface area contributed by atoms with Crippen LogP contribution in [-0.2, 0) is 10.1 Å². The van der Waals surface area contributed by atoms with E-state index >= 15 is 0 Å². The zero-order chi connectivity index (χ0) is 42.6. The zero-order valence-electron chi connectivity index (χ0n) is 32.8. The molecule has 0 saturated heterocycles. The van der Waals surface area contributed by atoms with Crippen molar-refractivity contribution < 1.29 is 30.2 Å². The molecule has 0 bridgehead atoms. The molecule has 0 radical (unpaired) electrons. The van der Waals surface area contributed by atoms with Gasteiger partial charge in [0.2, 0.25) is 5.71 Å². The fraction of sp³-hybridized carbons (Fsp3) is 0.0392. The van der Waals surface area contributed by atoms with Gasteiger partial charge in [0.05, 0.1) is 16.9 Å². The highest BCUT2D eigenvalue weighted by Crippen LogP contribution is 2.42. The summed E-state index contributed by atoms with van der Waals surface area (Å²) >= 11 is 0. The minimum atomic E-state index is -6.00. The van der Waals surface area contributed by atoms with Crippen molar-refractivity contribution in [1.29, 1.82) is 0 Å². The van der Waals surface area contributed by atoms with Crippen molar-refractivity contribution in [3.63, 3.8) is 0 Å². The lowest BCUT2D eigenvalue weighted by Gasteiger charge is -2.17. The second-order valence-electron chi connectivity index (χ2n) is 14.8. The monoisotopic (exact) mass is 839 g/mol. The Morgan fingerprint density at radius 3 is 1.81 bits per heavy atom. The molecular formula is C51H32F3N3O4S. The Morgan fingerprint density at radius 2 is 1.13 bits per heavy atom. The SMILES string of the molecule is Cc1ccc2c(n1)oc1c(-c3ccc(-c4ccccc4-c4cc(OS(=O)(=O)C(F)(F)F)cc(-c5ccccc5-c5ccc(-c6ccc7ccccc7n6)cc5)c4)cn3)cccc12. The summed E-state index contributed by atoms with van der Waals surface area (Å²) in [6, 6.07) is 52.5. The molecule has 0 aliphatic carbocycles. The molecule has 10 rings (SSSR count). The molecule has 0 amide bonds. The molecule has 7 nitrogen and oxygen atoms in total. The summed E-state index contributed by atoms with van der Waals surface area (Å²) in [7, 11) is -6.00. The molecule has 11 heteroatoms. The van der Waals surface area contributed by atoms with Crippen LogP contribution in [-0.4, -0.2) is 28.9 Å². The van der Waals surface area contributed by atoms with Gasteiger partial charge in [-0.05, 0) is 100 Å². The van der Waals surface area contributed by atoms with E-state index in [1.54, 1.807) is 12.3 Å². The van der Waals surface area contributed by atoms with Crippen molar-refractivity contribution in [1.82, 2.24) is 15.0 Å². The van der Waals surface area contributed by atoms with Crippen molar-refractivity contribution in [2.75, 3.05) is 0 Å². The number of furan rings is 1. The summed E-state index contributed by atoms with van der Waals surface area (Å²) < 4.78 is 77.2. The van der Waals surface area contributed by atoms with Gasteiger partial charge in [0.25, 0.3) is 0 Å². The third-order valence-corrected chi connectivity index (χ3v) is 11.8. The largest absolute Gasteiger partial charge is 0.534 e. The van der Waals surface area contributed by atoms with Gasteiger partial charge in [-0.15, -0.1) is 0 Å². The van der Waals surface area contributed by atoms with Gasteiger partial charge >= 0.3 is 15.6 Å². The molecule has 0 spiro atoms. The molecule has 6 aromatic carbocycles. The van der Waals surface area contributed by atoms with Crippen molar-refractivity contribution in [2.24, 2.45) is 0 Å². The number of aryl methyl sites for hydroxylation is 1. The summed E-state index contributed by atoms with van der Waals surface area (Å²) in [5.74, 6) is -0.491. The van der Waals surface area contributed by atoms with Crippen LogP contribution in [0.15, 0.2) is 180 Å². The lowest BCUT2D eigenvalue weighted by Crippen LogP contribution is -2.28. The van der Waals surface area contributed by atoms with Crippen molar-refractivity contribution in [3.05, 3.63) is 182 Å². The Hall–Kier alpha value is -7.63. The topological polar surface area (TPSA) is 95.2 Å². The van der Waals surface area contributed by atoms with Gasteiger partial charge in [0.15, 0.2) is 0 Å². The Morgan fingerprint density at radius 1 is 0.532 bits per heavy atom. The van der Waals surface area contributed by atoms with Gasteiger partial charge in [-0.1, -0.05) is 115 Å².